The molecule has 0 unspecified atom stereocenters. The maximum atomic E-state index is 15.4. The molecule has 9 nitrogen and oxygen atoms in total. The highest BCUT2D eigenvalue weighted by Crippen LogP contribution is 2.68. The standard InChI is InChI=1S/C42H39ClF6N6O3/c1-41(2,58)11-10-25-6-7-28(29-8-9-32(43)35-33(51-54(5)38(29)35)17-27(57)19-53(3)4)36(50-25)22(12-21-13-23(44)16-24(45)14-21)15-26(56)20-55-39-34(37(52-55)40(46)47)30-18-31(30)42(39,48)49/h6-9,13-14,16,22,30-31,40,58H,12,15,17-20H2,1-5H3/t22-,30+,31-/m1/s1. The summed E-state index contributed by atoms with van der Waals surface area (Å²) in [6.45, 7) is 2.34. The van der Waals surface area contributed by atoms with E-state index in [1.54, 1.807) is 55.0 Å². The first-order valence-corrected chi connectivity index (χ1v) is 18.9. The van der Waals surface area contributed by atoms with E-state index in [1.165, 1.54) is 13.8 Å². The largest absolute Gasteiger partial charge is 0.378 e. The first-order chi connectivity index (χ1) is 27.2. The van der Waals surface area contributed by atoms with Crippen LogP contribution >= 0.6 is 11.6 Å². The van der Waals surface area contributed by atoms with Crippen molar-refractivity contribution < 1.29 is 41.0 Å². The van der Waals surface area contributed by atoms with Crippen molar-refractivity contribution in [3.8, 4) is 23.0 Å². The summed E-state index contributed by atoms with van der Waals surface area (Å²) in [5, 5.41) is 19.6. The number of aromatic nitrogens is 5. The number of pyridine rings is 1. The highest BCUT2D eigenvalue weighted by atomic mass is 35.5. The van der Waals surface area contributed by atoms with E-state index in [9.17, 15) is 32.3 Å². The molecule has 304 valence electrons. The van der Waals surface area contributed by atoms with Gasteiger partial charge in [-0.1, -0.05) is 23.6 Å². The summed E-state index contributed by atoms with van der Waals surface area (Å²) in [4.78, 5) is 33.6. The summed E-state index contributed by atoms with van der Waals surface area (Å²) in [5.74, 6) is -3.40. The fourth-order valence-corrected chi connectivity index (χ4v) is 8.32. The molecule has 16 heteroatoms. The summed E-state index contributed by atoms with van der Waals surface area (Å²) in [6, 6.07) is 9.47. The fraction of sp³-hybridized carbons (Fsp3) is 0.405. The molecule has 3 heterocycles. The van der Waals surface area contributed by atoms with E-state index < -0.39 is 77.5 Å². The van der Waals surface area contributed by atoms with Crippen molar-refractivity contribution in [3.63, 3.8) is 0 Å². The number of carbonyl (C=O) groups excluding carboxylic acids is 2. The van der Waals surface area contributed by atoms with E-state index in [0.717, 1.165) is 12.1 Å². The number of aryl methyl sites for hydroxylation is 1. The number of alkyl halides is 4. The van der Waals surface area contributed by atoms with Crippen LogP contribution in [0, 0.1) is 29.4 Å². The molecule has 2 aliphatic rings. The van der Waals surface area contributed by atoms with Crippen LogP contribution < -0.4 is 0 Å². The lowest BCUT2D eigenvalue weighted by Gasteiger charge is -2.22. The predicted octanol–water partition coefficient (Wildman–Crippen LogP) is 7.69. The van der Waals surface area contributed by atoms with Crippen molar-refractivity contribution in [1.82, 2.24) is 29.4 Å². The van der Waals surface area contributed by atoms with Gasteiger partial charge >= 0.3 is 0 Å². The molecule has 1 N–H and O–H groups in total. The minimum Gasteiger partial charge on any atom is -0.378 e. The Kier molecular flexibility index (Phi) is 10.8. The summed E-state index contributed by atoms with van der Waals surface area (Å²) < 4.78 is 90.5. The highest BCUT2D eigenvalue weighted by molar-refractivity contribution is 6.36. The topological polar surface area (TPSA) is 106 Å². The monoisotopic (exact) mass is 824 g/mol. The Labute approximate surface area is 335 Å². The van der Waals surface area contributed by atoms with Gasteiger partial charge in [0.1, 0.15) is 40.9 Å². The molecule has 7 rings (SSSR count). The normalized spacial score (nSPS) is 17.4. The lowest BCUT2D eigenvalue weighted by molar-refractivity contribution is -0.120. The third-order valence-electron chi connectivity index (χ3n) is 10.3. The number of benzene rings is 2. The quantitative estimate of drug-likeness (QED) is 0.0959. The van der Waals surface area contributed by atoms with Gasteiger partial charge in [-0.25, -0.2) is 22.5 Å². The van der Waals surface area contributed by atoms with Crippen LogP contribution in [0.1, 0.15) is 84.5 Å². The Hall–Kier alpha value is -5.04. The van der Waals surface area contributed by atoms with Gasteiger partial charge < -0.3 is 10.0 Å². The van der Waals surface area contributed by atoms with Gasteiger partial charge in [-0.05, 0) is 88.5 Å². The van der Waals surface area contributed by atoms with E-state index in [2.05, 4.69) is 22.0 Å². The third kappa shape index (κ3) is 8.15. The molecular weight excluding hydrogens is 786 g/mol. The van der Waals surface area contributed by atoms with Gasteiger partial charge in [-0.3, -0.25) is 19.0 Å². The number of ketones is 2. The van der Waals surface area contributed by atoms with Gasteiger partial charge in [0.2, 0.25) is 0 Å². The van der Waals surface area contributed by atoms with E-state index in [1.807, 2.05) is 0 Å². The van der Waals surface area contributed by atoms with Crippen molar-refractivity contribution in [2.45, 2.75) is 75.9 Å². The molecular formula is C42H39ClF6N6O3. The van der Waals surface area contributed by atoms with Crippen LogP contribution in [-0.4, -0.2) is 72.4 Å². The molecule has 0 radical (unpaired) electrons. The molecule has 3 aromatic heterocycles. The maximum absolute atomic E-state index is 15.4. The Morgan fingerprint density at radius 1 is 1.03 bits per heavy atom. The average molecular weight is 825 g/mol. The van der Waals surface area contributed by atoms with Crippen molar-refractivity contribution in [1.29, 1.82) is 0 Å². The van der Waals surface area contributed by atoms with Crippen LogP contribution in [-0.2, 0) is 41.9 Å². The van der Waals surface area contributed by atoms with E-state index in [0.29, 0.717) is 43.5 Å². The summed E-state index contributed by atoms with van der Waals surface area (Å²) in [6.07, 6.45) is -3.75. The molecule has 0 saturated heterocycles. The molecule has 2 aromatic carbocycles. The Morgan fingerprint density at radius 2 is 1.72 bits per heavy atom. The Morgan fingerprint density at radius 3 is 2.38 bits per heavy atom. The molecule has 0 aliphatic heterocycles. The van der Waals surface area contributed by atoms with Gasteiger partial charge in [-0.15, -0.1) is 0 Å². The minimum absolute atomic E-state index is 0.0253. The van der Waals surface area contributed by atoms with Crippen LogP contribution in [0.3, 0.4) is 0 Å². The fourth-order valence-electron chi connectivity index (χ4n) is 8.06. The number of halogens is 7. The average Bonchev–Trinajstić information content (AvgIpc) is 3.65. The molecule has 0 bridgehead atoms. The number of fused-ring (bicyclic) bond motifs is 4. The molecule has 1 fully saturated rings. The zero-order valence-corrected chi connectivity index (χ0v) is 32.9. The van der Waals surface area contributed by atoms with Crippen LogP contribution in [0.25, 0.3) is 22.0 Å². The van der Waals surface area contributed by atoms with Gasteiger partial charge in [0.05, 0.1) is 34.9 Å². The lowest BCUT2D eigenvalue weighted by atomic mass is 9.86. The number of hydrogen-bond donors (Lipinski definition) is 1. The van der Waals surface area contributed by atoms with E-state index in [-0.39, 0.29) is 54.1 Å². The van der Waals surface area contributed by atoms with Crippen molar-refractivity contribution >= 4 is 34.1 Å². The minimum atomic E-state index is -3.46. The second kappa shape index (κ2) is 15.3. The van der Waals surface area contributed by atoms with Gasteiger partial charge in [0.15, 0.2) is 11.6 Å². The molecule has 3 atom stereocenters. The first kappa shape index (κ1) is 41.1. The third-order valence-corrected chi connectivity index (χ3v) is 10.7. The van der Waals surface area contributed by atoms with E-state index in [4.69, 9.17) is 16.6 Å². The Bertz CT molecular complexity index is 2510. The molecule has 5 aromatic rings. The van der Waals surface area contributed by atoms with Gasteiger partial charge in [0, 0.05) is 53.4 Å². The number of nitrogens with zero attached hydrogens (tertiary/aromatic N) is 6. The van der Waals surface area contributed by atoms with Crippen LogP contribution in [0.5, 0.6) is 0 Å². The molecule has 58 heavy (non-hydrogen) atoms. The van der Waals surface area contributed by atoms with Gasteiger partial charge in [0.25, 0.3) is 12.3 Å². The van der Waals surface area contributed by atoms with Crippen molar-refractivity contribution in [2.24, 2.45) is 13.0 Å². The van der Waals surface area contributed by atoms with Crippen molar-refractivity contribution in [2.75, 3.05) is 20.6 Å². The van der Waals surface area contributed by atoms with Crippen LogP contribution in [0.2, 0.25) is 5.02 Å². The number of rotatable bonds is 13. The molecule has 0 spiro atoms. The lowest BCUT2D eigenvalue weighted by Crippen LogP contribution is -2.24. The number of carbonyl (C=O) groups is 2. The second-order valence-corrected chi connectivity index (χ2v) is 16.3. The molecule has 2 aliphatic carbocycles. The predicted molar refractivity (Wildman–Crippen MR) is 204 cm³/mol. The zero-order chi connectivity index (χ0) is 42.0. The van der Waals surface area contributed by atoms with Gasteiger partial charge in [-0.2, -0.15) is 19.0 Å². The zero-order valence-electron chi connectivity index (χ0n) is 32.2. The number of likely N-dealkylation sites (N-methyl/N-ethyl adjacent to an activating group) is 1. The maximum Gasteiger partial charge on any atom is 0.293 e. The summed E-state index contributed by atoms with van der Waals surface area (Å²) >= 11 is 6.75. The van der Waals surface area contributed by atoms with Crippen LogP contribution in [0.4, 0.5) is 26.3 Å². The van der Waals surface area contributed by atoms with E-state index >= 15 is 8.78 Å². The number of hydrogen-bond acceptors (Lipinski definition) is 7. The summed E-state index contributed by atoms with van der Waals surface area (Å²) in [7, 11) is 5.20. The second-order valence-electron chi connectivity index (χ2n) is 15.9. The summed E-state index contributed by atoms with van der Waals surface area (Å²) in [5.41, 5.74) is -0.711. The smallest absolute Gasteiger partial charge is 0.293 e. The first-order valence-electron chi connectivity index (χ1n) is 18.5. The number of Topliss-reactive ketones (excluding diaryl/α,β-unsaturated/α-hetero) is 2. The molecule has 0 amide bonds. The Balaban J connectivity index is 1.37. The van der Waals surface area contributed by atoms with Crippen molar-refractivity contribution in [3.05, 3.63) is 98.7 Å². The van der Waals surface area contributed by atoms with Crippen LogP contribution in [0.15, 0.2) is 42.5 Å². The molecule has 1 saturated carbocycles. The highest BCUT2D eigenvalue weighted by Gasteiger charge is 2.67. The number of aliphatic hydroxyl groups is 1. The SMILES string of the molecule is CN(C)CC(=O)Cc1nn(C)c2c(-c3ccc(C#CC(C)(C)O)nc3[C@@H](CC(=O)Cn3nc(C(F)F)c4c3C(F)(F)[C@@H]3C[C@H]43)Cc3cc(F)cc(F)c3)ccc(Cl)c12.